The Bertz CT molecular complexity index is 799. The lowest BCUT2D eigenvalue weighted by Gasteiger charge is -2.33. The summed E-state index contributed by atoms with van der Waals surface area (Å²) in [4.78, 5) is 26.3. The largest absolute Gasteiger partial charge is 0.463 e. The molecule has 1 heterocycles. The molecule has 26 heavy (non-hydrogen) atoms. The monoisotopic (exact) mass is 360 g/mol. The minimum absolute atomic E-state index is 0.132. The quantitative estimate of drug-likeness (QED) is 0.833. The minimum Gasteiger partial charge on any atom is -0.463 e. The smallest absolute Gasteiger partial charge is 0.323 e. The first kappa shape index (κ1) is 18.0. The van der Waals surface area contributed by atoms with E-state index in [9.17, 15) is 18.4 Å². The standard InChI is InChI=1S/C19H18F2N2O3/c20-15-7-6-14(10-16(15)21)22-18(24)11-17-19(25)26-9-8-23(17)12-13-4-2-1-3-5-13/h1-7,10,17H,8-9,11-12H2,(H,22,24)/t17-/m0/s1. The zero-order valence-electron chi connectivity index (χ0n) is 14.0. The first-order valence-corrected chi connectivity index (χ1v) is 8.22. The van der Waals surface area contributed by atoms with Crippen molar-refractivity contribution in [3.63, 3.8) is 0 Å². The first-order valence-electron chi connectivity index (χ1n) is 8.22. The zero-order valence-corrected chi connectivity index (χ0v) is 14.0. The van der Waals surface area contributed by atoms with Crippen molar-refractivity contribution < 1.29 is 23.1 Å². The molecule has 1 aliphatic heterocycles. The molecule has 1 N–H and O–H groups in total. The number of hydrogen-bond acceptors (Lipinski definition) is 4. The zero-order chi connectivity index (χ0) is 18.5. The number of carbonyl (C=O) groups excluding carboxylic acids is 2. The number of esters is 1. The highest BCUT2D eigenvalue weighted by atomic mass is 19.2. The number of ether oxygens (including phenoxy) is 1. The van der Waals surface area contributed by atoms with Crippen molar-refractivity contribution in [3.05, 3.63) is 65.7 Å². The Kier molecular flexibility index (Phi) is 5.58. The lowest BCUT2D eigenvalue weighted by molar-refractivity contribution is -0.159. The van der Waals surface area contributed by atoms with Gasteiger partial charge in [-0.25, -0.2) is 8.78 Å². The van der Waals surface area contributed by atoms with E-state index in [1.807, 2.05) is 35.2 Å². The van der Waals surface area contributed by atoms with Gasteiger partial charge in [-0.15, -0.1) is 0 Å². The van der Waals surface area contributed by atoms with Crippen LogP contribution in [0.1, 0.15) is 12.0 Å². The van der Waals surface area contributed by atoms with Crippen LogP contribution in [-0.2, 0) is 20.9 Å². The molecule has 7 heteroatoms. The van der Waals surface area contributed by atoms with Crippen LogP contribution in [0.5, 0.6) is 0 Å². The van der Waals surface area contributed by atoms with Crippen molar-refractivity contribution in [1.29, 1.82) is 0 Å². The van der Waals surface area contributed by atoms with E-state index in [4.69, 9.17) is 4.74 Å². The van der Waals surface area contributed by atoms with Gasteiger partial charge in [0, 0.05) is 24.8 Å². The predicted octanol–water partition coefficient (Wildman–Crippen LogP) is 2.72. The van der Waals surface area contributed by atoms with E-state index in [-0.39, 0.29) is 18.7 Å². The van der Waals surface area contributed by atoms with Crippen molar-refractivity contribution in [1.82, 2.24) is 4.90 Å². The van der Waals surface area contributed by atoms with Gasteiger partial charge in [-0.05, 0) is 17.7 Å². The molecule has 0 aromatic heterocycles. The molecule has 3 rings (SSSR count). The molecule has 136 valence electrons. The van der Waals surface area contributed by atoms with Gasteiger partial charge >= 0.3 is 5.97 Å². The van der Waals surface area contributed by atoms with E-state index in [0.29, 0.717) is 13.1 Å². The van der Waals surface area contributed by atoms with E-state index >= 15 is 0 Å². The lowest BCUT2D eigenvalue weighted by Crippen LogP contribution is -2.49. The molecule has 0 unspecified atom stereocenters. The molecular weight excluding hydrogens is 342 g/mol. The van der Waals surface area contributed by atoms with E-state index in [2.05, 4.69) is 5.32 Å². The van der Waals surface area contributed by atoms with Gasteiger partial charge in [0.05, 0.1) is 6.42 Å². The van der Waals surface area contributed by atoms with Crippen LogP contribution >= 0.6 is 0 Å². The van der Waals surface area contributed by atoms with Gasteiger partial charge in [-0.3, -0.25) is 14.5 Å². The number of halogens is 2. The number of anilines is 1. The summed E-state index contributed by atoms with van der Waals surface area (Å²) in [6, 6.07) is 12.0. The average molecular weight is 360 g/mol. The Labute approximate surface area is 149 Å². The fourth-order valence-electron chi connectivity index (χ4n) is 2.85. The van der Waals surface area contributed by atoms with Crippen LogP contribution in [0.15, 0.2) is 48.5 Å². The fourth-order valence-corrected chi connectivity index (χ4v) is 2.85. The molecule has 0 aliphatic carbocycles. The highest BCUT2D eigenvalue weighted by molar-refractivity contribution is 5.94. The third-order valence-electron chi connectivity index (χ3n) is 4.15. The molecular formula is C19H18F2N2O3. The maximum absolute atomic E-state index is 13.2. The normalized spacial score (nSPS) is 17.6. The number of rotatable bonds is 5. The Morgan fingerprint density at radius 1 is 1.15 bits per heavy atom. The van der Waals surface area contributed by atoms with Crippen LogP contribution in [-0.4, -0.2) is 36.0 Å². The van der Waals surface area contributed by atoms with Crippen molar-refractivity contribution in [2.75, 3.05) is 18.5 Å². The SMILES string of the molecule is O=C(C[C@H]1C(=O)OCCN1Cc1ccccc1)Nc1ccc(F)c(F)c1. The molecule has 2 aromatic rings. The molecule has 1 fully saturated rings. The summed E-state index contributed by atoms with van der Waals surface area (Å²) >= 11 is 0. The first-order chi connectivity index (χ1) is 12.5. The van der Waals surface area contributed by atoms with E-state index in [1.54, 1.807) is 0 Å². The molecule has 0 spiro atoms. The summed E-state index contributed by atoms with van der Waals surface area (Å²) < 4.78 is 31.3. The molecule has 0 radical (unpaired) electrons. The van der Waals surface area contributed by atoms with E-state index in [1.165, 1.54) is 6.07 Å². The van der Waals surface area contributed by atoms with Crippen LogP contribution in [0.4, 0.5) is 14.5 Å². The molecule has 1 saturated heterocycles. The summed E-state index contributed by atoms with van der Waals surface area (Å²) in [5.74, 6) is -2.98. The molecule has 2 aromatic carbocycles. The van der Waals surface area contributed by atoms with Crippen molar-refractivity contribution in [2.45, 2.75) is 19.0 Å². The van der Waals surface area contributed by atoms with Crippen LogP contribution in [0.3, 0.4) is 0 Å². The fraction of sp³-hybridized carbons (Fsp3) is 0.263. The van der Waals surface area contributed by atoms with Gasteiger partial charge in [0.15, 0.2) is 11.6 Å². The second-order valence-corrected chi connectivity index (χ2v) is 6.02. The van der Waals surface area contributed by atoms with Gasteiger partial charge in [0.2, 0.25) is 5.91 Å². The summed E-state index contributed by atoms with van der Waals surface area (Å²) in [6.07, 6.45) is -0.134. The Morgan fingerprint density at radius 3 is 2.65 bits per heavy atom. The third kappa shape index (κ3) is 4.43. The van der Waals surface area contributed by atoms with Gasteiger partial charge in [0.25, 0.3) is 0 Å². The van der Waals surface area contributed by atoms with Crippen LogP contribution < -0.4 is 5.32 Å². The molecule has 1 aliphatic rings. The average Bonchev–Trinajstić information content (AvgIpc) is 2.62. The Hall–Kier alpha value is -2.80. The third-order valence-corrected chi connectivity index (χ3v) is 4.15. The van der Waals surface area contributed by atoms with Crippen molar-refractivity contribution in [2.24, 2.45) is 0 Å². The van der Waals surface area contributed by atoms with Crippen LogP contribution in [0.2, 0.25) is 0 Å². The van der Waals surface area contributed by atoms with Gasteiger partial charge in [-0.2, -0.15) is 0 Å². The molecule has 5 nitrogen and oxygen atoms in total. The lowest BCUT2D eigenvalue weighted by atomic mass is 10.1. The second kappa shape index (κ2) is 8.05. The number of amides is 1. The number of carbonyl (C=O) groups is 2. The summed E-state index contributed by atoms with van der Waals surface area (Å²) in [7, 11) is 0. The summed E-state index contributed by atoms with van der Waals surface area (Å²) in [5.41, 5.74) is 1.15. The maximum atomic E-state index is 13.2. The summed E-state index contributed by atoms with van der Waals surface area (Å²) in [5, 5.41) is 2.48. The van der Waals surface area contributed by atoms with Crippen LogP contribution in [0, 0.1) is 11.6 Å². The topological polar surface area (TPSA) is 58.6 Å². The second-order valence-electron chi connectivity index (χ2n) is 6.02. The summed E-state index contributed by atoms with van der Waals surface area (Å²) in [6.45, 7) is 1.30. The Morgan fingerprint density at radius 2 is 1.92 bits per heavy atom. The van der Waals surface area contributed by atoms with Crippen LogP contribution in [0.25, 0.3) is 0 Å². The molecule has 1 amide bonds. The highest BCUT2D eigenvalue weighted by Gasteiger charge is 2.33. The van der Waals surface area contributed by atoms with E-state index < -0.39 is 29.6 Å². The maximum Gasteiger partial charge on any atom is 0.323 e. The van der Waals surface area contributed by atoms with Gasteiger partial charge in [0.1, 0.15) is 12.6 Å². The van der Waals surface area contributed by atoms with Gasteiger partial charge < -0.3 is 10.1 Å². The molecule has 1 atom stereocenters. The number of nitrogens with zero attached hydrogens (tertiary/aromatic N) is 1. The minimum atomic E-state index is -1.05. The number of benzene rings is 2. The van der Waals surface area contributed by atoms with Gasteiger partial charge in [-0.1, -0.05) is 30.3 Å². The van der Waals surface area contributed by atoms with Crippen molar-refractivity contribution >= 4 is 17.6 Å². The number of hydrogen-bond donors (Lipinski definition) is 1. The molecule has 0 bridgehead atoms. The molecule has 0 saturated carbocycles. The number of morpholine rings is 1. The number of nitrogens with one attached hydrogen (secondary N) is 1. The highest BCUT2D eigenvalue weighted by Crippen LogP contribution is 2.18. The van der Waals surface area contributed by atoms with Crippen molar-refractivity contribution in [3.8, 4) is 0 Å². The van der Waals surface area contributed by atoms with E-state index in [0.717, 1.165) is 17.7 Å². The Balaban J connectivity index is 1.66. The number of cyclic esters (lactones) is 1. The predicted molar refractivity (Wildman–Crippen MR) is 91.2 cm³/mol.